The van der Waals surface area contributed by atoms with Crippen LogP contribution in [0, 0.1) is 0 Å². The van der Waals surface area contributed by atoms with Crippen molar-refractivity contribution in [2.75, 3.05) is 0 Å². The molecule has 0 fully saturated rings. The standard InChI is InChI=1S/C7H12N2.2C6H18NSi2.Co/c1-7(2,3)9-5-4-8-6-9;2*1-8(2,3)7-9(4,5)6;/h4-6H,1-3H3;2*1-6H3;/q;2*-1;+2. The summed E-state index contributed by atoms with van der Waals surface area (Å²) >= 11 is 0. The van der Waals surface area contributed by atoms with E-state index in [2.05, 4.69) is 109 Å². The fourth-order valence-corrected chi connectivity index (χ4v) is 18.8. The molecule has 0 spiro atoms. The quantitative estimate of drug-likeness (QED) is 0.388. The summed E-state index contributed by atoms with van der Waals surface area (Å²) in [6, 6.07) is 0. The maximum Gasteiger partial charge on any atom is 2.00 e. The van der Waals surface area contributed by atoms with E-state index in [4.69, 9.17) is 9.30 Å². The first-order valence-corrected chi connectivity index (χ1v) is 23.8. The number of nitrogens with zero attached hydrogens (tertiary/aromatic N) is 4. The van der Waals surface area contributed by atoms with Gasteiger partial charge in [0, 0.05) is 17.9 Å². The molecule has 1 aromatic rings. The van der Waals surface area contributed by atoms with Crippen LogP contribution in [0.1, 0.15) is 20.8 Å². The van der Waals surface area contributed by atoms with Gasteiger partial charge in [0.25, 0.3) is 0 Å². The van der Waals surface area contributed by atoms with Crippen LogP contribution in [0.4, 0.5) is 0 Å². The normalized spacial score (nSPS) is 12.8. The van der Waals surface area contributed by atoms with Crippen molar-refractivity contribution in [2.45, 2.75) is 105 Å². The predicted molar refractivity (Wildman–Crippen MR) is 137 cm³/mol. The molecular formula is C19H48CoN4Si4. The maximum absolute atomic E-state index is 4.82. The van der Waals surface area contributed by atoms with Crippen molar-refractivity contribution >= 4 is 32.9 Å². The Morgan fingerprint density at radius 3 is 1.00 bits per heavy atom. The van der Waals surface area contributed by atoms with E-state index in [1.165, 1.54) is 0 Å². The second-order valence-corrected chi connectivity index (χ2v) is 31.2. The first-order valence-electron chi connectivity index (χ1n) is 9.98. The third-order valence-corrected chi connectivity index (χ3v) is 13.4. The van der Waals surface area contributed by atoms with Crippen LogP contribution in [-0.4, -0.2) is 42.5 Å². The molecule has 0 unspecified atom stereocenters. The molecule has 9 heteroatoms. The number of hydrogen-bond acceptors (Lipinski definition) is 1. The Bertz CT molecular complexity index is 452. The van der Waals surface area contributed by atoms with Gasteiger partial charge in [-0.15, -0.1) is 0 Å². The summed E-state index contributed by atoms with van der Waals surface area (Å²) in [5.74, 6) is 0. The van der Waals surface area contributed by atoms with Crippen molar-refractivity contribution < 1.29 is 16.8 Å². The fraction of sp³-hybridized carbons (Fsp3) is 0.842. The Morgan fingerprint density at radius 2 is 0.929 bits per heavy atom. The third-order valence-electron chi connectivity index (χ3n) is 2.62. The third kappa shape index (κ3) is 26.5. The van der Waals surface area contributed by atoms with Crippen LogP contribution >= 0.6 is 0 Å². The Morgan fingerprint density at radius 1 is 0.643 bits per heavy atom. The zero-order chi connectivity index (χ0) is 22.3. The molecule has 0 saturated heterocycles. The molecule has 0 aromatic carbocycles. The molecule has 0 bridgehead atoms. The van der Waals surface area contributed by atoms with Gasteiger partial charge in [-0.3, -0.25) is 0 Å². The zero-order valence-electron chi connectivity index (χ0n) is 21.4. The molecule has 1 heterocycles. The largest absolute Gasteiger partial charge is 2.00 e. The molecule has 0 aliphatic rings. The van der Waals surface area contributed by atoms with Crippen LogP contribution in [0.5, 0.6) is 0 Å². The van der Waals surface area contributed by atoms with Gasteiger partial charge < -0.3 is 13.9 Å². The summed E-state index contributed by atoms with van der Waals surface area (Å²) in [5.41, 5.74) is 0.177. The minimum absolute atomic E-state index is 0. The van der Waals surface area contributed by atoms with Crippen molar-refractivity contribution in [2.24, 2.45) is 0 Å². The molecule has 0 aliphatic heterocycles. The average molecular weight is 504 g/mol. The van der Waals surface area contributed by atoms with E-state index in [-0.39, 0.29) is 22.3 Å². The summed E-state index contributed by atoms with van der Waals surface area (Å²) in [5, 5.41) is 0. The summed E-state index contributed by atoms with van der Waals surface area (Å²) in [6.45, 7) is 34.0. The molecule has 0 atom stereocenters. The maximum atomic E-state index is 4.82. The smallest absolute Gasteiger partial charge is 0.668 e. The first kappa shape index (κ1) is 33.1. The van der Waals surface area contributed by atoms with Crippen LogP contribution < -0.4 is 0 Å². The second kappa shape index (κ2) is 12.4. The van der Waals surface area contributed by atoms with Gasteiger partial charge in [0.05, 0.1) is 6.33 Å². The molecule has 1 radical (unpaired) electrons. The van der Waals surface area contributed by atoms with Crippen LogP contribution in [0.15, 0.2) is 18.7 Å². The average Bonchev–Trinajstić information content (AvgIpc) is 2.70. The number of rotatable bonds is 4. The molecule has 4 nitrogen and oxygen atoms in total. The predicted octanol–water partition coefficient (Wildman–Crippen LogP) is 7.70. The molecule has 1 aromatic heterocycles. The zero-order valence-corrected chi connectivity index (χ0v) is 26.4. The van der Waals surface area contributed by atoms with E-state index in [0.29, 0.717) is 0 Å². The molecule has 1 rings (SSSR count). The van der Waals surface area contributed by atoms with E-state index < -0.39 is 32.9 Å². The van der Waals surface area contributed by atoms with E-state index >= 15 is 0 Å². The monoisotopic (exact) mass is 503 g/mol. The van der Waals surface area contributed by atoms with Crippen molar-refractivity contribution in [1.29, 1.82) is 0 Å². The number of aromatic nitrogens is 2. The summed E-state index contributed by atoms with van der Waals surface area (Å²) in [4.78, 5) is 3.95. The topological polar surface area (TPSA) is 46.0 Å². The second-order valence-electron chi connectivity index (χ2n) is 12.0. The summed E-state index contributed by atoms with van der Waals surface area (Å²) in [7, 11) is -4.42. The van der Waals surface area contributed by atoms with Gasteiger partial charge in [0.15, 0.2) is 0 Å². The molecule has 28 heavy (non-hydrogen) atoms. The Hall–Kier alpha value is 0.504. The molecule has 0 aliphatic carbocycles. The van der Waals surface area contributed by atoms with Crippen LogP contribution in [0.2, 0.25) is 78.6 Å². The van der Waals surface area contributed by atoms with E-state index in [1.807, 2.05) is 12.5 Å². The Balaban J connectivity index is -0.000000329. The molecule has 0 N–H and O–H groups in total. The molecular weight excluding hydrogens is 456 g/mol. The molecule has 169 valence electrons. The van der Waals surface area contributed by atoms with Gasteiger partial charge in [-0.25, -0.2) is 4.98 Å². The Labute approximate surface area is 191 Å². The van der Waals surface area contributed by atoms with Crippen LogP contribution in [-0.2, 0) is 22.3 Å². The minimum Gasteiger partial charge on any atom is -0.668 e. The molecule has 0 saturated carbocycles. The molecule has 0 amide bonds. The minimum atomic E-state index is -1.11. The van der Waals surface area contributed by atoms with E-state index in [9.17, 15) is 0 Å². The van der Waals surface area contributed by atoms with Gasteiger partial charge in [-0.1, -0.05) is 112 Å². The van der Waals surface area contributed by atoms with Crippen LogP contribution in [0.3, 0.4) is 0 Å². The van der Waals surface area contributed by atoms with E-state index in [1.54, 1.807) is 6.20 Å². The fourth-order valence-electron chi connectivity index (χ4n) is 2.67. The van der Waals surface area contributed by atoms with Gasteiger partial charge in [-0.2, -0.15) is 0 Å². The van der Waals surface area contributed by atoms with Gasteiger partial charge in [0.1, 0.15) is 0 Å². The van der Waals surface area contributed by atoms with Gasteiger partial charge in [-0.05, 0) is 20.8 Å². The summed E-state index contributed by atoms with van der Waals surface area (Å²) < 4.78 is 11.7. The number of hydrogen-bond donors (Lipinski definition) is 0. The van der Waals surface area contributed by atoms with Crippen LogP contribution in [0.25, 0.3) is 9.30 Å². The SMILES string of the molecule is CC(C)(C)n1ccnc1.C[Si](C)(C)[N-][Si](C)(C)C.C[Si](C)(C)[N-][Si](C)(C)C.[Co+2]. The van der Waals surface area contributed by atoms with Gasteiger partial charge >= 0.3 is 16.8 Å². The first-order chi connectivity index (χ1) is 11.5. The summed E-state index contributed by atoms with van der Waals surface area (Å²) in [6.07, 6.45) is 5.60. The Kier molecular flexibility index (Phi) is 14.7. The number of imidazole rings is 1. The van der Waals surface area contributed by atoms with Crippen molar-refractivity contribution in [3.63, 3.8) is 0 Å². The van der Waals surface area contributed by atoms with Crippen molar-refractivity contribution in [3.8, 4) is 0 Å². The van der Waals surface area contributed by atoms with E-state index in [0.717, 1.165) is 0 Å². The van der Waals surface area contributed by atoms with Gasteiger partial charge in [0.2, 0.25) is 0 Å². The van der Waals surface area contributed by atoms with Crippen molar-refractivity contribution in [3.05, 3.63) is 28.0 Å². The van der Waals surface area contributed by atoms with Crippen molar-refractivity contribution in [1.82, 2.24) is 9.55 Å².